The SMILES string of the molecule is C=C(C)C(P)Cc1cccc(C)c1. The Hall–Kier alpha value is -0.610. The van der Waals surface area contributed by atoms with Gasteiger partial charge in [0.15, 0.2) is 0 Å². The van der Waals surface area contributed by atoms with E-state index in [0.717, 1.165) is 6.42 Å². The molecule has 1 rings (SSSR count). The van der Waals surface area contributed by atoms with Crippen molar-refractivity contribution in [2.45, 2.75) is 25.9 Å². The van der Waals surface area contributed by atoms with Crippen molar-refractivity contribution < 1.29 is 0 Å². The van der Waals surface area contributed by atoms with Gasteiger partial charge in [0.2, 0.25) is 0 Å². The van der Waals surface area contributed by atoms with Gasteiger partial charge >= 0.3 is 0 Å². The van der Waals surface area contributed by atoms with E-state index >= 15 is 0 Å². The molecule has 0 nitrogen and oxygen atoms in total. The van der Waals surface area contributed by atoms with Crippen LogP contribution in [0.5, 0.6) is 0 Å². The molecule has 0 N–H and O–H groups in total. The molecule has 0 spiro atoms. The third-order valence-corrected chi connectivity index (χ3v) is 2.98. The zero-order valence-electron chi connectivity index (χ0n) is 8.38. The Kier molecular flexibility index (Phi) is 3.69. The van der Waals surface area contributed by atoms with Crippen molar-refractivity contribution in [3.8, 4) is 0 Å². The maximum atomic E-state index is 3.95. The lowest BCUT2D eigenvalue weighted by Gasteiger charge is -2.10. The van der Waals surface area contributed by atoms with E-state index < -0.39 is 0 Å². The van der Waals surface area contributed by atoms with Crippen LogP contribution in [-0.4, -0.2) is 5.66 Å². The lowest BCUT2D eigenvalue weighted by atomic mass is 10.0. The monoisotopic (exact) mass is 192 g/mol. The Balaban J connectivity index is 2.69. The quantitative estimate of drug-likeness (QED) is 0.509. The van der Waals surface area contributed by atoms with Crippen LogP contribution in [0.4, 0.5) is 0 Å². The average Bonchev–Trinajstić information content (AvgIpc) is 2.04. The summed E-state index contributed by atoms with van der Waals surface area (Å²) in [7, 11) is 2.84. The van der Waals surface area contributed by atoms with E-state index in [2.05, 4.69) is 53.9 Å². The average molecular weight is 192 g/mol. The molecule has 0 radical (unpaired) electrons. The molecule has 0 aromatic heterocycles. The molecule has 0 aliphatic rings. The molecule has 1 aromatic rings. The van der Waals surface area contributed by atoms with Gasteiger partial charge in [0.1, 0.15) is 0 Å². The third kappa shape index (κ3) is 3.32. The fraction of sp³-hybridized carbons (Fsp3) is 0.333. The number of hydrogen-bond acceptors (Lipinski definition) is 0. The Bertz CT molecular complexity index is 302. The largest absolute Gasteiger partial charge is 0.130 e. The summed E-state index contributed by atoms with van der Waals surface area (Å²) in [5.74, 6) is 0. The van der Waals surface area contributed by atoms with Crippen molar-refractivity contribution in [2.24, 2.45) is 0 Å². The Morgan fingerprint density at radius 2 is 2.23 bits per heavy atom. The smallest absolute Gasteiger partial charge is 0.00208 e. The van der Waals surface area contributed by atoms with Crippen molar-refractivity contribution in [1.29, 1.82) is 0 Å². The minimum absolute atomic E-state index is 0.502. The summed E-state index contributed by atoms with van der Waals surface area (Å²) in [5.41, 5.74) is 4.45. The van der Waals surface area contributed by atoms with Crippen LogP contribution in [0.1, 0.15) is 18.1 Å². The van der Waals surface area contributed by atoms with Crippen LogP contribution < -0.4 is 0 Å². The Morgan fingerprint density at radius 1 is 1.54 bits per heavy atom. The maximum absolute atomic E-state index is 3.95. The second-order valence-corrected chi connectivity index (χ2v) is 4.45. The van der Waals surface area contributed by atoms with E-state index in [0.29, 0.717) is 5.66 Å². The summed E-state index contributed by atoms with van der Waals surface area (Å²) in [6, 6.07) is 8.65. The van der Waals surface area contributed by atoms with Gasteiger partial charge in [-0.05, 0) is 31.5 Å². The molecular formula is C12H17P. The fourth-order valence-corrected chi connectivity index (χ4v) is 1.54. The summed E-state index contributed by atoms with van der Waals surface area (Å²) < 4.78 is 0. The van der Waals surface area contributed by atoms with Crippen LogP contribution in [0.25, 0.3) is 0 Å². The molecule has 0 heterocycles. The Labute approximate surface area is 83.3 Å². The predicted octanol–water partition coefficient (Wildman–Crippen LogP) is 3.36. The van der Waals surface area contributed by atoms with Crippen molar-refractivity contribution >= 4 is 9.24 Å². The highest BCUT2D eigenvalue weighted by Crippen LogP contribution is 2.17. The number of hydrogen-bond donors (Lipinski definition) is 0. The molecule has 13 heavy (non-hydrogen) atoms. The normalized spacial score (nSPS) is 12.5. The minimum atomic E-state index is 0.502. The van der Waals surface area contributed by atoms with Gasteiger partial charge in [-0.3, -0.25) is 0 Å². The minimum Gasteiger partial charge on any atom is -0.130 e. The van der Waals surface area contributed by atoms with Gasteiger partial charge in [0.25, 0.3) is 0 Å². The predicted molar refractivity (Wildman–Crippen MR) is 63.2 cm³/mol. The summed E-state index contributed by atoms with van der Waals surface area (Å²) in [4.78, 5) is 0. The van der Waals surface area contributed by atoms with E-state index in [1.54, 1.807) is 0 Å². The van der Waals surface area contributed by atoms with E-state index in [-0.39, 0.29) is 0 Å². The lowest BCUT2D eigenvalue weighted by molar-refractivity contribution is 0.965. The van der Waals surface area contributed by atoms with Gasteiger partial charge in [-0.15, -0.1) is 9.24 Å². The van der Waals surface area contributed by atoms with E-state index in [9.17, 15) is 0 Å². The van der Waals surface area contributed by atoms with Crippen molar-refractivity contribution in [3.05, 3.63) is 47.5 Å². The first-order valence-electron chi connectivity index (χ1n) is 4.56. The van der Waals surface area contributed by atoms with E-state index in [1.165, 1.54) is 16.7 Å². The topological polar surface area (TPSA) is 0 Å². The molecule has 70 valence electrons. The van der Waals surface area contributed by atoms with Gasteiger partial charge in [0.05, 0.1) is 0 Å². The molecule has 1 aromatic carbocycles. The highest BCUT2D eigenvalue weighted by Gasteiger charge is 2.03. The van der Waals surface area contributed by atoms with Gasteiger partial charge < -0.3 is 0 Å². The Morgan fingerprint density at radius 3 is 2.77 bits per heavy atom. The van der Waals surface area contributed by atoms with E-state index in [4.69, 9.17) is 0 Å². The van der Waals surface area contributed by atoms with Gasteiger partial charge in [-0.1, -0.05) is 42.0 Å². The van der Waals surface area contributed by atoms with Gasteiger partial charge in [-0.25, -0.2) is 0 Å². The highest BCUT2D eigenvalue weighted by atomic mass is 31.0. The zero-order chi connectivity index (χ0) is 9.84. The third-order valence-electron chi connectivity index (χ3n) is 2.17. The number of allylic oxidation sites excluding steroid dienone is 1. The van der Waals surface area contributed by atoms with E-state index in [1.807, 2.05) is 0 Å². The summed E-state index contributed by atoms with van der Waals surface area (Å²) in [5, 5.41) is 0. The van der Waals surface area contributed by atoms with Crippen molar-refractivity contribution in [2.75, 3.05) is 0 Å². The van der Waals surface area contributed by atoms with Gasteiger partial charge in [0, 0.05) is 0 Å². The molecule has 2 atom stereocenters. The summed E-state index contributed by atoms with van der Waals surface area (Å²) in [6.45, 7) is 8.16. The fourth-order valence-electron chi connectivity index (χ4n) is 1.27. The van der Waals surface area contributed by atoms with Crippen LogP contribution in [0, 0.1) is 6.92 Å². The molecule has 0 saturated carbocycles. The number of aryl methyl sites for hydroxylation is 1. The number of rotatable bonds is 3. The van der Waals surface area contributed by atoms with Crippen LogP contribution in [0.3, 0.4) is 0 Å². The van der Waals surface area contributed by atoms with Crippen molar-refractivity contribution in [1.82, 2.24) is 0 Å². The van der Waals surface area contributed by atoms with Crippen molar-refractivity contribution in [3.63, 3.8) is 0 Å². The second kappa shape index (κ2) is 4.58. The first-order chi connectivity index (χ1) is 6.09. The molecule has 0 aliphatic carbocycles. The van der Waals surface area contributed by atoms with Crippen LogP contribution in [-0.2, 0) is 6.42 Å². The standard InChI is InChI=1S/C12H17P/c1-9(2)12(13)8-11-6-4-5-10(3)7-11/h4-7,12H,1,8,13H2,2-3H3. The molecule has 0 amide bonds. The van der Waals surface area contributed by atoms with Crippen LogP contribution in [0.15, 0.2) is 36.4 Å². The highest BCUT2D eigenvalue weighted by molar-refractivity contribution is 7.18. The molecular weight excluding hydrogens is 175 g/mol. The first kappa shape index (κ1) is 10.5. The molecule has 0 saturated heterocycles. The molecule has 1 heteroatoms. The van der Waals surface area contributed by atoms with Gasteiger partial charge in [-0.2, -0.15) is 0 Å². The lowest BCUT2D eigenvalue weighted by Crippen LogP contribution is -2.03. The van der Waals surface area contributed by atoms with Crippen LogP contribution >= 0.6 is 9.24 Å². The molecule has 0 bridgehead atoms. The molecule has 0 fully saturated rings. The zero-order valence-corrected chi connectivity index (χ0v) is 9.53. The van der Waals surface area contributed by atoms with Crippen LogP contribution in [0.2, 0.25) is 0 Å². The summed E-state index contributed by atoms with van der Waals surface area (Å²) >= 11 is 0. The molecule has 2 unspecified atom stereocenters. The molecule has 0 aliphatic heterocycles. The summed E-state index contributed by atoms with van der Waals surface area (Å²) in [6.07, 6.45) is 1.07. The maximum Gasteiger partial charge on any atom is -0.00208 e. The number of benzene rings is 1. The first-order valence-corrected chi connectivity index (χ1v) is 5.23. The second-order valence-electron chi connectivity index (χ2n) is 3.65.